The topological polar surface area (TPSA) is 67.8 Å². The molecule has 4 heteroatoms. The number of hydrogen-bond acceptors (Lipinski definition) is 3. The second-order valence-electron chi connectivity index (χ2n) is 3.63. The van der Waals surface area contributed by atoms with Crippen LogP contribution in [0, 0.1) is 0 Å². The van der Waals surface area contributed by atoms with Gasteiger partial charge < -0.3 is 15.2 Å². The molecule has 0 aliphatic heterocycles. The van der Waals surface area contributed by atoms with E-state index in [1.165, 1.54) is 0 Å². The molecule has 1 aromatic carbocycles. The van der Waals surface area contributed by atoms with Gasteiger partial charge >= 0.3 is 0 Å². The highest BCUT2D eigenvalue weighted by Crippen LogP contribution is 2.27. The van der Waals surface area contributed by atoms with E-state index in [1.54, 1.807) is 0 Å². The fourth-order valence-electron chi connectivity index (χ4n) is 1.82. The Bertz CT molecular complexity index is 624. The van der Waals surface area contributed by atoms with Gasteiger partial charge in [-0.3, -0.25) is 0 Å². The number of H-pyrrole nitrogens is 1. The van der Waals surface area contributed by atoms with E-state index in [2.05, 4.69) is 16.2 Å². The van der Waals surface area contributed by atoms with Crippen molar-refractivity contribution in [3.05, 3.63) is 42.3 Å². The quantitative estimate of drug-likeness (QED) is 0.686. The van der Waals surface area contributed by atoms with Gasteiger partial charge in [-0.05, 0) is 6.07 Å². The summed E-state index contributed by atoms with van der Waals surface area (Å²) in [5.74, 6) is 0.695. The first-order valence-corrected chi connectivity index (χ1v) is 5.10. The van der Waals surface area contributed by atoms with Crippen molar-refractivity contribution < 1.29 is 4.52 Å². The maximum atomic E-state index is 5.49. The Morgan fingerprint density at radius 2 is 2.19 bits per heavy atom. The molecule has 2 aromatic heterocycles. The van der Waals surface area contributed by atoms with E-state index in [0.29, 0.717) is 12.3 Å². The van der Waals surface area contributed by atoms with Crippen molar-refractivity contribution in [1.82, 2.24) is 10.1 Å². The number of para-hydroxylation sites is 1. The highest BCUT2D eigenvalue weighted by Gasteiger charge is 2.09. The standard InChI is InChI=1S/C12H11N3O/c13-6-8-5-12(15-16-8)10-7-14-11-4-2-1-3-9(10)11/h1-5,7,14H,6,13H2. The minimum absolute atomic E-state index is 0.370. The SMILES string of the molecule is NCc1cc(-c2c[nH]c3ccccc23)no1. The Morgan fingerprint density at radius 1 is 1.31 bits per heavy atom. The van der Waals surface area contributed by atoms with Crippen LogP contribution in [0.2, 0.25) is 0 Å². The summed E-state index contributed by atoms with van der Waals surface area (Å²) >= 11 is 0. The molecule has 0 unspecified atom stereocenters. The monoisotopic (exact) mass is 213 g/mol. The minimum Gasteiger partial charge on any atom is -0.360 e. The molecule has 0 saturated heterocycles. The lowest BCUT2D eigenvalue weighted by molar-refractivity contribution is 0.387. The van der Waals surface area contributed by atoms with Crippen LogP contribution >= 0.6 is 0 Å². The Morgan fingerprint density at radius 3 is 3.00 bits per heavy atom. The van der Waals surface area contributed by atoms with Gasteiger partial charge in [0.15, 0.2) is 5.76 Å². The zero-order valence-corrected chi connectivity index (χ0v) is 8.60. The zero-order valence-electron chi connectivity index (χ0n) is 8.60. The van der Waals surface area contributed by atoms with Gasteiger partial charge in [0.2, 0.25) is 0 Å². The lowest BCUT2D eigenvalue weighted by Gasteiger charge is -1.91. The summed E-state index contributed by atoms with van der Waals surface area (Å²) in [7, 11) is 0. The molecule has 16 heavy (non-hydrogen) atoms. The van der Waals surface area contributed by atoms with Crippen molar-refractivity contribution in [2.24, 2.45) is 5.73 Å². The van der Waals surface area contributed by atoms with Gasteiger partial charge in [-0.1, -0.05) is 23.4 Å². The van der Waals surface area contributed by atoms with Crippen molar-refractivity contribution in [3.8, 4) is 11.3 Å². The molecule has 3 N–H and O–H groups in total. The van der Waals surface area contributed by atoms with Crippen molar-refractivity contribution in [1.29, 1.82) is 0 Å². The van der Waals surface area contributed by atoms with Crippen LogP contribution in [0.1, 0.15) is 5.76 Å². The first kappa shape index (κ1) is 9.18. The van der Waals surface area contributed by atoms with Gasteiger partial charge in [-0.2, -0.15) is 0 Å². The molecular weight excluding hydrogens is 202 g/mol. The van der Waals surface area contributed by atoms with Crippen LogP contribution in [0.3, 0.4) is 0 Å². The summed E-state index contributed by atoms with van der Waals surface area (Å²) in [6, 6.07) is 9.96. The summed E-state index contributed by atoms with van der Waals surface area (Å²) in [6.45, 7) is 0.370. The first-order chi connectivity index (χ1) is 7.88. The summed E-state index contributed by atoms with van der Waals surface area (Å²) in [5, 5.41) is 5.14. The molecule has 80 valence electrons. The summed E-state index contributed by atoms with van der Waals surface area (Å²) in [6.07, 6.45) is 1.93. The van der Waals surface area contributed by atoms with Crippen molar-refractivity contribution in [2.75, 3.05) is 0 Å². The average molecular weight is 213 g/mol. The van der Waals surface area contributed by atoms with Crippen molar-refractivity contribution >= 4 is 10.9 Å². The average Bonchev–Trinajstić information content (AvgIpc) is 2.94. The molecule has 0 fully saturated rings. The molecule has 0 amide bonds. The van der Waals surface area contributed by atoms with E-state index < -0.39 is 0 Å². The molecule has 4 nitrogen and oxygen atoms in total. The predicted molar refractivity (Wildman–Crippen MR) is 61.7 cm³/mol. The third-order valence-electron chi connectivity index (χ3n) is 2.63. The van der Waals surface area contributed by atoms with Crippen LogP contribution in [0.4, 0.5) is 0 Å². The third kappa shape index (κ3) is 1.31. The number of nitrogens with zero attached hydrogens (tertiary/aromatic N) is 1. The fraction of sp³-hybridized carbons (Fsp3) is 0.0833. The number of benzene rings is 1. The Balaban J connectivity index is 2.18. The van der Waals surface area contributed by atoms with Crippen molar-refractivity contribution in [3.63, 3.8) is 0 Å². The fourth-order valence-corrected chi connectivity index (χ4v) is 1.82. The van der Waals surface area contributed by atoms with Gasteiger partial charge in [0, 0.05) is 28.7 Å². The number of aromatic nitrogens is 2. The largest absolute Gasteiger partial charge is 0.360 e. The third-order valence-corrected chi connectivity index (χ3v) is 2.63. The first-order valence-electron chi connectivity index (χ1n) is 5.10. The van der Waals surface area contributed by atoms with Crippen LogP contribution in [0.15, 0.2) is 41.1 Å². The lowest BCUT2D eigenvalue weighted by atomic mass is 10.1. The molecule has 3 aromatic rings. The number of fused-ring (bicyclic) bond motifs is 1. The number of nitrogens with two attached hydrogens (primary N) is 1. The van der Waals surface area contributed by atoms with Gasteiger partial charge in [0.1, 0.15) is 5.69 Å². The van der Waals surface area contributed by atoms with Gasteiger partial charge in [-0.25, -0.2) is 0 Å². The minimum atomic E-state index is 0.370. The lowest BCUT2D eigenvalue weighted by Crippen LogP contribution is -1.92. The Hall–Kier alpha value is -2.07. The van der Waals surface area contributed by atoms with E-state index in [9.17, 15) is 0 Å². The van der Waals surface area contributed by atoms with Crippen molar-refractivity contribution in [2.45, 2.75) is 6.54 Å². The molecule has 2 heterocycles. The molecule has 0 bridgehead atoms. The van der Waals surface area contributed by atoms with Crippen LogP contribution in [-0.4, -0.2) is 10.1 Å². The summed E-state index contributed by atoms with van der Waals surface area (Å²) in [4.78, 5) is 3.20. The number of hydrogen-bond donors (Lipinski definition) is 2. The number of nitrogens with one attached hydrogen (secondary N) is 1. The van der Waals surface area contributed by atoms with E-state index in [1.807, 2.05) is 30.5 Å². The van der Waals surface area contributed by atoms with E-state index in [-0.39, 0.29) is 0 Å². The smallest absolute Gasteiger partial charge is 0.150 e. The summed E-state index contributed by atoms with van der Waals surface area (Å²) < 4.78 is 5.10. The maximum absolute atomic E-state index is 5.49. The predicted octanol–water partition coefficient (Wildman–Crippen LogP) is 2.28. The number of rotatable bonds is 2. The normalized spacial score (nSPS) is 11.1. The number of aromatic amines is 1. The van der Waals surface area contributed by atoms with Crippen LogP contribution < -0.4 is 5.73 Å². The molecule has 0 saturated carbocycles. The molecule has 0 aliphatic rings. The van der Waals surface area contributed by atoms with E-state index >= 15 is 0 Å². The Kier molecular flexibility index (Phi) is 2.01. The van der Waals surface area contributed by atoms with Crippen LogP contribution in [-0.2, 0) is 6.54 Å². The molecule has 0 aliphatic carbocycles. The van der Waals surface area contributed by atoms with Crippen LogP contribution in [0.25, 0.3) is 22.2 Å². The molecular formula is C12H11N3O. The molecule has 3 rings (SSSR count). The highest BCUT2D eigenvalue weighted by atomic mass is 16.5. The van der Waals surface area contributed by atoms with Gasteiger partial charge in [0.05, 0.1) is 6.54 Å². The van der Waals surface area contributed by atoms with E-state index in [0.717, 1.165) is 22.2 Å². The summed E-state index contributed by atoms with van der Waals surface area (Å²) in [5.41, 5.74) is 8.44. The second-order valence-corrected chi connectivity index (χ2v) is 3.63. The second kappa shape index (κ2) is 3.50. The van der Waals surface area contributed by atoms with E-state index in [4.69, 9.17) is 10.3 Å². The Labute approximate surface area is 92.0 Å². The van der Waals surface area contributed by atoms with Crippen LogP contribution in [0.5, 0.6) is 0 Å². The molecule has 0 radical (unpaired) electrons. The molecule has 0 spiro atoms. The molecule has 0 atom stereocenters. The zero-order chi connectivity index (χ0) is 11.0. The maximum Gasteiger partial charge on any atom is 0.150 e. The van der Waals surface area contributed by atoms with Gasteiger partial charge in [-0.15, -0.1) is 0 Å². The van der Waals surface area contributed by atoms with Gasteiger partial charge in [0.25, 0.3) is 0 Å². The highest BCUT2D eigenvalue weighted by molar-refractivity contribution is 5.94.